The molecule has 0 aromatic heterocycles. The summed E-state index contributed by atoms with van der Waals surface area (Å²) in [7, 11) is 0.558. The fourth-order valence-corrected chi connectivity index (χ4v) is 2.00. The van der Waals surface area contributed by atoms with Crippen LogP contribution < -0.4 is 0 Å². The van der Waals surface area contributed by atoms with Crippen molar-refractivity contribution < 1.29 is 42.6 Å². The first kappa shape index (κ1) is 28.6. The van der Waals surface area contributed by atoms with E-state index in [1.807, 2.05) is 13.8 Å². The highest BCUT2D eigenvalue weighted by Crippen LogP contribution is 2.11. The van der Waals surface area contributed by atoms with Gasteiger partial charge in [-0.1, -0.05) is 13.8 Å². The molecule has 0 aliphatic carbocycles. The van der Waals surface area contributed by atoms with Gasteiger partial charge in [0.2, 0.25) is 0 Å². The van der Waals surface area contributed by atoms with E-state index in [0.717, 1.165) is 12.8 Å². The van der Waals surface area contributed by atoms with E-state index in [4.69, 9.17) is 19.7 Å². The predicted molar refractivity (Wildman–Crippen MR) is 118 cm³/mol. The molecule has 2 N–H and O–H groups in total. The molecular formula is C22H30O9Si. The Morgan fingerprint density at radius 1 is 0.719 bits per heavy atom. The fourth-order valence-electron chi connectivity index (χ4n) is 1.83. The Morgan fingerprint density at radius 2 is 1.03 bits per heavy atom. The monoisotopic (exact) mass is 466 g/mol. The summed E-state index contributed by atoms with van der Waals surface area (Å²) in [5.74, 6) is -0.400. The molecule has 0 atom stereocenters. The van der Waals surface area contributed by atoms with E-state index in [1.54, 1.807) is 0 Å². The van der Waals surface area contributed by atoms with Crippen molar-refractivity contribution in [2.24, 2.45) is 0 Å². The minimum Gasteiger partial charge on any atom is -0.508 e. The Labute approximate surface area is 189 Å². The fraction of sp³-hybridized carbons (Fsp3) is 0.364. The molecule has 0 heterocycles. The molecule has 2 rings (SSSR count). The third-order valence-corrected chi connectivity index (χ3v) is 4.08. The zero-order valence-corrected chi connectivity index (χ0v) is 19.7. The Balaban J connectivity index is 0.000000484. The van der Waals surface area contributed by atoms with Gasteiger partial charge >= 0.3 is 21.1 Å². The first-order valence-electron chi connectivity index (χ1n) is 9.83. The van der Waals surface area contributed by atoms with Crippen molar-refractivity contribution in [3.8, 4) is 11.5 Å². The standard InChI is InChI=1S/2C10H12O3.C2H6O3Si/c2*1-2-7-13-10(12)8-3-5-9(11)6-4-8;1-4-6(3)5-2/h2*3-6,11H,2,7H2,1H3;1-2H3. The Kier molecular flexibility index (Phi) is 15.5. The molecule has 0 aliphatic rings. The van der Waals surface area contributed by atoms with Gasteiger partial charge in [-0.15, -0.1) is 0 Å². The van der Waals surface area contributed by atoms with Crippen molar-refractivity contribution in [2.45, 2.75) is 26.7 Å². The van der Waals surface area contributed by atoms with Crippen LogP contribution in [-0.4, -0.2) is 58.8 Å². The number of phenols is 2. The van der Waals surface area contributed by atoms with Crippen LogP contribution in [0.15, 0.2) is 48.5 Å². The number of aromatic hydroxyl groups is 2. The average molecular weight is 467 g/mol. The molecule has 0 spiro atoms. The van der Waals surface area contributed by atoms with Crippen molar-refractivity contribution in [1.82, 2.24) is 0 Å². The molecule has 0 saturated heterocycles. The maximum Gasteiger partial charge on any atom is 0.766 e. The molecule has 0 amide bonds. The van der Waals surface area contributed by atoms with Gasteiger partial charge in [-0.2, -0.15) is 0 Å². The molecular weight excluding hydrogens is 436 g/mol. The van der Waals surface area contributed by atoms with Gasteiger partial charge in [0.1, 0.15) is 11.5 Å². The number of esters is 2. The molecule has 0 unspecified atom stereocenters. The molecule has 32 heavy (non-hydrogen) atoms. The van der Waals surface area contributed by atoms with E-state index in [-0.39, 0.29) is 23.4 Å². The molecule has 0 bridgehead atoms. The second-order valence-corrected chi connectivity index (χ2v) is 7.34. The van der Waals surface area contributed by atoms with E-state index >= 15 is 0 Å². The normalized spacial score (nSPS) is 9.12. The van der Waals surface area contributed by atoms with Crippen LogP contribution >= 0.6 is 0 Å². The van der Waals surface area contributed by atoms with Crippen LogP contribution in [0.1, 0.15) is 47.4 Å². The Morgan fingerprint density at radius 3 is 1.25 bits per heavy atom. The zero-order valence-electron chi connectivity index (χ0n) is 18.7. The van der Waals surface area contributed by atoms with Crippen LogP contribution in [0.4, 0.5) is 0 Å². The minimum atomic E-state index is -2.12. The van der Waals surface area contributed by atoms with Crippen LogP contribution in [0.25, 0.3) is 0 Å². The van der Waals surface area contributed by atoms with Crippen molar-refractivity contribution in [2.75, 3.05) is 27.4 Å². The number of carbonyl (C=O) groups excluding carboxylic acids is 2. The summed E-state index contributed by atoms with van der Waals surface area (Å²) in [6.45, 7) is 4.73. The first-order valence-corrected chi connectivity index (χ1v) is 11.1. The number of phenolic OH excluding ortho intramolecular Hbond substituents is 2. The summed E-state index contributed by atoms with van der Waals surface area (Å²) in [5, 5.41) is 17.9. The molecule has 0 saturated carbocycles. The van der Waals surface area contributed by atoms with Crippen molar-refractivity contribution >= 4 is 21.1 Å². The summed E-state index contributed by atoms with van der Waals surface area (Å²) in [4.78, 5) is 22.4. The number of hydrogen-bond donors (Lipinski definition) is 2. The van der Waals surface area contributed by atoms with E-state index in [2.05, 4.69) is 8.85 Å². The average Bonchev–Trinajstić information content (AvgIpc) is 2.82. The van der Waals surface area contributed by atoms with Crippen LogP contribution in [0.3, 0.4) is 0 Å². The first-order chi connectivity index (χ1) is 15.3. The van der Waals surface area contributed by atoms with E-state index in [1.165, 1.54) is 62.8 Å². The molecule has 2 aromatic carbocycles. The van der Waals surface area contributed by atoms with Gasteiger partial charge in [0, 0.05) is 0 Å². The highest BCUT2D eigenvalue weighted by atomic mass is 28.3. The molecule has 0 radical (unpaired) electrons. The second kappa shape index (κ2) is 17.3. The lowest BCUT2D eigenvalue weighted by molar-refractivity contribution is 0.0496. The Hall–Kier alpha value is -3.40. The third-order valence-electron chi connectivity index (χ3n) is 3.41. The Bertz CT molecular complexity index is 738. The predicted octanol–water partition coefficient (Wildman–Crippen LogP) is 3.61. The molecule has 2 aromatic rings. The van der Waals surface area contributed by atoms with Gasteiger partial charge in [-0.3, -0.25) is 4.46 Å². The van der Waals surface area contributed by atoms with Crippen molar-refractivity contribution in [3.05, 3.63) is 59.7 Å². The molecule has 176 valence electrons. The van der Waals surface area contributed by atoms with Gasteiger partial charge in [0.05, 0.1) is 38.6 Å². The van der Waals surface area contributed by atoms with Crippen LogP contribution in [0.5, 0.6) is 11.5 Å². The second-order valence-electron chi connectivity index (χ2n) is 6.02. The van der Waals surface area contributed by atoms with Gasteiger partial charge in [0.25, 0.3) is 0 Å². The number of carbonyl (C=O) groups is 2. The van der Waals surface area contributed by atoms with Crippen molar-refractivity contribution in [3.63, 3.8) is 0 Å². The number of rotatable bonds is 8. The van der Waals surface area contributed by atoms with Gasteiger partial charge in [-0.25, -0.2) is 9.59 Å². The van der Waals surface area contributed by atoms with Gasteiger partial charge in [-0.05, 0) is 61.4 Å². The zero-order chi connectivity index (χ0) is 24.4. The lowest BCUT2D eigenvalue weighted by Crippen LogP contribution is -2.05. The smallest absolute Gasteiger partial charge is 0.508 e. The lowest BCUT2D eigenvalue weighted by atomic mass is 10.2. The SMILES string of the molecule is CCCOC(=O)c1ccc(O)cc1.CCCOC(=O)c1ccc(O)cc1.CO[Si](=O)OC. The summed E-state index contributed by atoms with van der Waals surface area (Å²) in [5.41, 5.74) is 0.928. The van der Waals surface area contributed by atoms with Crippen LogP contribution in [0.2, 0.25) is 0 Å². The third kappa shape index (κ3) is 13.0. The molecule has 0 aliphatic heterocycles. The molecule has 9 nitrogen and oxygen atoms in total. The van der Waals surface area contributed by atoms with E-state index in [0.29, 0.717) is 24.3 Å². The number of hydrogen-bond acceptors (Lipinski definition) is 9. The maximum atomic E-state index is 11.2. The van der Waals surface area contributed by atoms with Gasteiger partial charge in [0.15, 0.2) is 0 Å². The number of ether oxygens (including phenoxy) is 2. The van der Waals surface area contributed by atoms with Crippen molar-refractivity contribution in [1.29, 1.82) is 0 Å². The van der Waals surface area contributed by atoms with E-state index < -0.39 is 9.17 Å². The van der Waals surface area contributed by atoms with E-state index in [9.17, 15) is 14.1 Å². The molecule has 0 fully saturated rings. The number of benzene rings is 2. The topological polar surface area (TPSA) is 129 Å². The quantitative estimate of drug-likeness (QED) is 0.443. The summed E-state index contributed by atoms with van der Waals surface area (Å²) in [6, 6.07) is 12.0. The highest BCUT2D eigenvalue weighted by Gasteiger charge is 2.06. The summed E-state index contributed by atoms with van der Waals surface area (Å²) >= 11 is 0. The minimum absolute atomic E-state index is 0.145. The highest BCUT2D eigenvalue weighted by molar-refractivity contribution is 6.25. The maximum absolute atomic E-state index is 11.2. The summed E-state index contributed by atoms with van der Waals surface area (Å²) in [6.07, 6.45) is 1.62. The lowest BCUT2D eigenvalue weighted by Gasteiger charge is -2.02. The molecule has 10 heteroatoms. The largest absolute Gasteiger partial charge is 0.766 e. The van der Waals surface area contributed by atoms with Crippen LogP contribution in [-0.2, 0) is 22.8 Å². The van der Waals surface area contributed by atoms with Crippen LogP contribution in [0, 0.1) is 0 Å². The van der Waals surface area contributed by atoms with Gasteiger partial charge < -0.3 is 28.5 Å². The summed E-state index contributed by atoms with van der Waals surface area (Å²) < 4.78 is 28.2.